The molecular formula is C12H19NO2S2. The third kappa shape index (κ3) is 3.36. The molecule has 2 rings (SSSR count). The summed E-state index contributed by atoms with van der Waals surface area (Å²) in [6.07, 6.45) is 3.19. The van der Waals surface area contributed by atoms with Crippen LogP contribution in [-0.2, 0) is 27.7 Å². The third-order valence-corrected chi connectivity index (χ3v) is 5.83. The highest BCUT2D eigenvalue weighted by Crippen LogP contribution is 2.22. The summed E-state index contributed by atoms with van der Waals surface area (Å²) >= 11 is 1.68. The zero-order chi connectivity index (χ0) is 12.3. The molecule has 1 saturated heterocycles. The standard InChI is InChI=1S/C12H19NO2S2/c1-3-4-12-13-10(7-16-12)8-17(14)11-5-6-15-9(11)2/h7,9,11H,3-6,8H2,1-2H3/t9-,11+,17-/m0/s1. The van der Waals surface area contributed by atoms with Crippen LogP contribution in [-0.4, -0.2) is 27.2 Å². The van der Waals surface area contributed by atoms with Crippen molar-refractivity contribution in [2.75, 3.05) is 6.61 Å². The van der Waals surface area contributed by atoms with E-state index in [4.69, 9.17) is 4.74 Å². The van der Waals surface area contributed by atoms with Crippen molar-refractivity contribution in [3.8, 4) is 0 Å². The van der Waals surface area contributed by atoms with Crippen LogP contribution in [0.2, 0.25) is 0 Å². The fraction of sp³-hybridized carbons (Fsp3) is 0.750. The molecule has 0 bridgehead atoms. The number of hydrogen-bond acceptors (Lipinski definition) is 4. The van der Waals surface area contributed by atoms with Gasteiger partial charge in [-0.25, -0.2) is 4.98 Å². The molecule has 0 aromatic carbocycles. The Morgan fingerprint density at radius 2 is 2.47 bits per heavy atom. The monoisotopic (exact) mass is 273 g/mol. The Kier molecular flexibility index (Phi) is 4.70. The van der Waals surface area contributed by atoms with Gasteiger partial charge >= 0.3 is 0 Å². The molecule has 3 atom stereocenters. The summed E-state index contributed by atoms with van der Waals surface area (Å²) in [5.74, 6) is 0.582. The van der Waals surface area contributed by atoms with Crippen molar-refractivity contribution in [2.24, 2.45) is 0 Å². The van der Waals surface area contributed by atoms with Crippen molar-refractivity contribution in [2.45, 2.75) is 50.2 Å². The second-order valence-electron chi connectivity index (χ2n) is 4.41. The summed E-state index contributed by atoms with van der Waals surface area (Å²) in [6, 6.07) is 0. The molecule has 5 heteroatoms. The van der Waals surface area contributed by atoms with E-state index >= 15 is 0 Å². The van der Waals surface area contributed by atoms with E-state index in [1.54, 1.807) is 11.3 Å². The van der Waals surface area contributed by atoms with Crippen molar-refractivity contribution in [1.29, 1.82) is 0 Å². The van der Waals surface area contributed by atoms with Gasteiger partial charge in [0.25, 0.3) is 0 Å². The van der Waals surface area contributed by atoms with Crippen LogP contribution in [0.3, 0.4) is 0 Å². The van der Waals surface area contributed by atoms with Crippen LogP contribution in [0.15, 0.2) is 5.38 Å². The Morgan fingerprint density at radius 1 is 1.65 bits per heavy atom. The van der Waals surface area contributed by atoms with Crippen molar-refractivity contribution in [1.82, 2.24) is 4.98 Å². The Bertz CT molecular complexity index is 392. The molecule has 1 aromatic heterocycles. The number of hydrogen-bond donors (Lipinski definition) is 0. The Morgan fingerprint density at radius 3 is 3.12 bits per heavy atom. The molecule has 0 spiro atoms. The molecule has 3 nitrogen and oxygen atoms in total. The third-order valence-electron chi connectivity index (χ3n) is 3.00. The average Bonchev–Trinajstić information content (AvgIpc) is 2.88. The van der Waals surface area contributed by atoms with Gasteiger partial charge in [0.05, 0.1) is 27.8 Å². The van der Waals surface area contributed by atoms with Crippen LogP contribution in [0.4, 0.5) is 0 Å². The molecule has 1 fully saturated rings. The van der Waals surface area contributed by atoms with Crippen LogP contribution in [0.25, 0.3) is 0 Å². The van der Waals surface area contributed by atoms with E-state index < -0.39 is 10.8 Å². The van der Waals surface area contributed by atoms with Gasteiger partial charge in [0.2, 0.25) is 0 Å². The van der Waals surface area contributed by atoms with Gasteiger partial charge in [-0.1, -0.05) is 6.92 Å². The van der Waals surface area contributed by atoms with Crippen molar-refractivity contribution in [3.63, 3.8) is 0 Å². The van der Waals surface area contributed by atoms with Crippen molar-refractivity contribution in [3.05, 3.63) is 16.1 Å². The first-order valence-corrected chi connectivity index (χ1v) is 8.39. The zero-order valence-corrected chi connectivity index (χ0v) is 12.0. The lowest BCUT2D eigenvalue weighted by atomic mass is 10.3. The number of ether oxygens (including phenoxy) is 1. The SMILES string of the molecule is CCCc1nc(C[S@](=O)[C@@H]2CCO[C@H]2C)cs1. The van der Waals surface area contributed by atoms with Crippen LogP contribution >= 0.6 is 11.3 Å². The minimum atomic E-state index is -0.848. The number of rotatable bonds is 5. The maximum Gasteiger partial charge on any atom is 0.0928 e. The van der Waals surface area contributed by atoms with Gasteiger partial charge in [0.15, 0.2) is 0 Å². The lowest BCUT2D eigenvalue weighted by Gasteiger charge is -2.12. The number of nitrogens with zero attached hydrogens (tertiary/aromatic N) is 1. The van der Waals surface area contributed by atoms with Crippen molar-refractivity contribution < 1.29 is 8.95 Å². The van der Waals surface area contributed by atoms with Crippen LogP contribution < -0.4 is 0 Å². The summed E-state index contributed by atoms with van der Waals surface area (Å²) in [7, 11) is -0.848. The second-order valence-corrected chi connectivity index (χ2v) is 7.01. The molecule has 2 heterocycles. The maximum atomic E-state index is 12.2. The van der Waals surface area contributed by atoms with Crippen LogP contribution in [0.1, 0.15) is 37.4 Å². The van der Waals surface area contributed by atoms with Gasteiger partial charge in [-0.05, 0) is 26.2 Å². The largest absolute Gasteiger partial charge is 0.377 e. The molecule has 0 amide bonds. The lowest BCUT2D eigenvalue weighted by molar-refractivity contribution is 0.127. The second kappa shape index (κ2) is 6.07. The zero-order valence-electron chi connectivity index (χ0n) is 10.3. The highest BCUT2D eigenvalue weighted by molar-refractivity contribution is 7.84. The molecule has 1 aliphatic heterocycles. The van der Waals surface area contributed by atoms with Gasteiger partial charge in [-0.2, -0.15) is 0 Å². The average molecular weight is 273 g/mol. The highest BCUT2D eigenvalue weighted by atomic mass is 32.2. The van der Waals surface area contributed by atoms with Gasteiger partial charge in [-0.15, -0.1) is 11.3 Å². The fourth-order valence-corrected chi connectivity index (χ4v) is 4.58. The van der Waals surface area contributed by atoms with Crippen molar-refractivity contribution >= 4 is 22.1 Å². The first kappa shape index (κ1) is 13.2. The minimum absolute atomic E-state index is 0.129. The predicted octanol–water partition coefficient (Wildman–Crippen LogP) is 2.52. The van der Waals surface area contributed by atoms with E-state index in [-0.39, 0.29) is 11.4 Å². The predicted molar refractivity (Wildman–Crippen MR) is 71.8 cm³/mol. The van der Waals surface area contributed by atoms with Gasteiger partial charge in [0, 0.05) is 22.8 Å². The summed E-state index contributed by atoms with van der Waals surface area (Å²) in [4.78, 5) is 4.52. The smallest absolute Gasteiger partial charge is 0.0928 e. The lowest BCUT2D eigenvalue weighted by Crippen LogP contribution is -2.24. The molecule has 0 N–H and O–H groups in total. The molecule has 17 heavy (non-hydrogen) atoms. The van der Waals surface area contributed by atoms with Gasteiger partial charge in [0.1, 0.15) is 0 Å². The van der Waals surface area contributed by atoms with Gasteiger partial charge in [-0.3, -0.25) is 4.21 Å². The van der Waals surface area contributed by atoms with E-state index in [0.29, 0.717) is 5.75 Å². The highest BCUT2D eigenvalue weighted by Gasteiger charge is 2.29. The Balaban J connectivity index is 1.93. The molecule has 0 radical (unpaired) electrons. The normalized spacial score (nSPS) is 26.2. The van der Waals surface area contributed by atoms with E-state index in [2.05, 4.69) is 11.9 Å². The minimum Gasteiger partial charge on any atom is -0.377 e. The van der Waals surface area contributed by atoms with E-state index in [1.807, 2.05) is 12.3 Å². The summed E-state index contributed by atoms with van der Waals surface area (Å²) < 4.78 is 17.6. The topological polar surface area (TPSA) is 39.2 Å². The number of aryl methyl sites for hydroxylation is 1. The Hall–Kier alpha value is -0.260. The van der Waals surface area contributed by atoms with E-state index in [0.717, 1.165) is 36.6 Å². The fourth-order valence-electron chi connectivity index (χ4n) is 2.05. The molecule has 0 unspecified atom stereocenters. The Labute approximate surface area is 109 Å². The number of thiazole rings is 1. The number of aromatic nitrogens is 1. The molecule has 1 aliphatic rings. The molecular weight excluding hydrogens is 254 g/mol. The first-order chi connectivity index (χ1) is 8.20. The molecule has 1 aromatic rings. The first-order valence-electron chi connectivity index (χ1n) is 6.12. The van der Waals surface area contributed by atoms with E-state index in [1.165, 1.54) is 0 Å². The maximum absolute atomic E-state index is 12.2. The molecule has 0 aliphatic carbocycles. The summed E-state index contributed by atoms with van der Waals surface area (Å²) in [5, 5.41) is 3.39. The quantitative estimate of drug-likeness (QED) is 0.827. The molecule has 96 valence electrons. The van der Waals surface area contributed by atoms with E-state index in [9.17, 15) is 4.21 Å². The molecule has 0 saturated carbocycles. The van der Waals surface area contributed by atoms with Crippen LogP contribution in [0.5, 0.6) is 0 Å². The van der Waals surface area contributed by atoms with Crippen LogP contribution in [0, 0.1) is 0 Å². The van der Waals surface area contributed by atoms with Gasteiger partial charge < -0.3 is 4.74 Å². The summed E-state index contributed by atoms with van der Waals surface area (Å²) in [6.45, 7) is 4.91. The summed E-state index contributed by atoms with van der Waals surface area (Å²) in [5.41, 5.74) is 0.982.